The maximum Gasteiger partial charge on any atom is 0.379 e. The summed E-state index contributed by atoms with van der Waals surface area (Å²) in [5.41, 5.74) is 1.52. The molecule has 1 atom stereocenters. The van der Waals surface area contributed by atoms with Crippen molar-refractivity contribution in [3.63, 3.8) is 0 Å². The first-order chi connectivity index (χ1) is 20.8. The number of ether oxygens (including phenoxy) is 5. The van der Waals surface area contributed by atoms with Crippen molar-refractivity contribution in [3.05, 3.63) is 109 Å². The van der Waals surface area contributed by atoms with E-state index in [2.05, 4.69) is 4.99 Å². The van der Waals surface area contributed by atoms with Gasteiger partial charge in [-0.1, -0.05) is 23.5 Å². The summed E-state index contributed by atoms with van der Waals surface area (Å²) in [4.78, 5) is 44.7. The van der Waals surface area contributed by atoms with E-state index < -0.39 is 18.0 Å². The summed E-state index contributed by atoms with van der Waals surface area (Å²) in [6, 6.07) is 14.0. The number of esters is 2. The third-order valence-electron chi connectivity index (χ3n) is 6.62. The van der Waals surface area contributed by atoms with Gasteiger partial charge in [0.1, 0.15) is 23.9 Å². The lowest BCUT2D eigenvalue weighted by molar-refractivity contribution is -0.140. The van der Waals surface area contributed by atoms with Crippen molar-refractivity contribution in [3.8, 4) is 17.2 Å². The van der Waals surface area contributed by atoms with Crippen LogP contribution in [0.25, 0.3) is 6.08 Å². The van der Waals surface area contributed by atoms with Crippen LogP contribution < -0.4 is 29.1 Å². The smallest absolute Gasteiger partial charge is 0.379 e. The molecule has 1 aliphatic heterocycles. The fourth-order valence-electron chi connectivity index (χ4n) is 4.54. The highest BCUT2D eigenvalue weighted by molar-refractivity contribution is 7.07. The van der Waals surface area contributed by atoms with Gasteiger partial charge in [-0.05, 0) is 55.0 Å². The largest absolute Gasteiger partial charge is 0.497 e. The van der Waals surface area contributed by atoms with Gasteiger partial charge in [0.15, 0.2) is 4.80 Å². The average molecular weight is 605 g/mol. The molecule has 2 aromatic heterocycles. The molecule has 1 aliphatic rings. The molecule has 0 aliphatic carbocycles. The Kier molecular flexibility index (Phi) is 8.88. The van der Waals surface area contributed by atoms with Crippen molar-refractivity contribution < 1.29 is 37.7 Å². The number of furan rings is 1. The summed E-state index contributed by atoms with van der Waals surface area (Å²) in [5.74, 6) is 0.181. The van der Waals surface area contributed by atoms with E-state index in [0.29, 0.717) is 37.7 Å². The van der Waals surface area contributed by atoms with Gasteiger partial charge in [0, 0.05) is 18.7 Å². The third kappa shape index (κ3) is 6.15. The minimum atomic E-state index is -0.860. The zero-order valence-corrected chi connectivity index (χ0v) is 24.6. The number of rotatable bonds is 10. The second-order valence-electron chi connectivity index (χ2n) is 9.25. The van der Waals surface area contributed by atoms with E-state index in [0.717, 1.165) is 0 Å². The zero-order chi connectivity index (χ0) is 30.5. The highest BCUT2D eigenvalue weighted by Gasteiger charge is 2.33. The minimum Gasteiger partial charge on any atom is -0.497 e. The maximum absolute atomic E-state index is 13.9. The standard InChI is InChI=1S/C31H28N2O9S/c1-18-26(30(36)41-15-14-37-2)27(19-7-10-21(11-8-19)42-29(35)23-6-5-13-40-23)33-28(34)25(43-31(33)32-18)16-20-9-12-22(38-3)17-24(20)39-4/h5-13,16-17,27H,14-15H2,1-4H3/b25-16+/t27-/m1/s1. The first kappa shape index (κ1) is 29.5. The first-order valence-corrected chi connectivity index (χ1v) is 13.9. The minimum absolute atomic E-state index is 0.0299. The summed E-state index contributed by atoms with van der Waals surface area (Å²) < 4.78 is 33.6. The predicted molar refractivity (Wildman–Crippen MR) is 156 cm³/mol. The van der Waals surface area contributed by atoms with Crippen molar-refractivity contribution >= 4 is 29.4 Å². The van der Waals surface area contributed by atoms with Crippen LogP contribution in [0.3, 0.4) is 0 Å². The van der Waals surface area contributed by atoms with Crippen LogP contribution in [0.4, 0.5) is 0 Å². The number of hydrogen-bond acceptors (Lipinski definition) is 11. The Labute approximate surface area is 249 Å². The Balaban J connectivity index is 1.59. The number of carbonyl (C=O) groups excluding carboxylic acids is 2. The molecule has 0 fully saturated rings. The van der Waals surface area contributed by atoms with Crippen LogP contribution in [0, 0.1) is 0 Å². The van der Waals surface area contributed by atoms with Crippen LogP contribution >= 0.6 is 11.3 Å². The van der Waals surface area contributed by atoms with Gasteiger partial charge >= 0.3 is 11.9 Å². The molecule has 0 saturated carbocycles. The van der Waals surface area contributed by atoms with Gasteiger partial charge < -0.3 is 28.1 Å². The maximum atomic E-state index is 13.9. The van der Waals surface area contributed by atoms with E-state index in [1.54, 1.807) is 68.6 Å². The van der Waals surface area contributed by atoms with Crippen molar-refractivity contribution in [2.75, 3.05) is 34.5 Å². The number of thiazole rings is 1. The van der Waals surface area contributed by atoms with E-state index in [9.17, 15) is 14.4 Å². The summed E-state index contributed by atoms with van der Waals surface area (Å²) in [5, 5.41) is 0. The van der Waals surface area contributed by atoms with E-state index >= 15 is 0 Å². The van der Waals surface area contributed by atoms with Crippen LogP contribution in [0.5, 0.6) is 17.2 Å². The molecule has 0 saturated heterocycles. The Bertz CT molecular complexity index is 1850. The second-order valence-corrected chi connectivity index (χ2v) is 10.3. The number of methoxy groups -OCH3 is 3. The Morgan fingerprint density at radius 2 is 1.77 bits per heavy atom. The van der Waals surface area contributed by atoms with Gasteiger partial charge in [-0.15, -0.1) is 0 Å². The lowest BCUT2D eigenvalue weighted by Gasteiger charge is -2.25. The molecule has 0 unspecified atom stereocenters. The Morgan fingerprint density at radius 3 is 2.44 bits per heavy atom. The van der Waals surface area contributed by atoms with Gasteiger partial charge in [-0.2, -0.15) is 0 Å². The average Bonchev–Trinajstić information content (AvgIpc) is 3.66. The molecular weight excluding hydrogens is 576 g/mol. The molecule has 4 aromatic rings. The normalized spacial score (nSPS) is 14.6. The lowest BCUT2D eigenvalue weighted by atomic mass is 9.96. The SMILES string of the molecule is COCCOC(=O)C1=C(C)N=c2s/c(=C/c3ccc(OC)cc3OC)c(=O)n2[C@@H]1c1ccc(OC(=O)c2ccco2)cc1. The van der Waals surface area contributed by atoms with Crippen molar-refractivity contribution in [2.24, 2.45) is 4.99 Å². The molecule has 0 spiro atoms. The van der Waals surface area contributed by atoms with Crippen LogP contribution in [0.2, 0.25) is 0 Å². The Hall–Kier alpha value is -4.94. The van der Waals surface area contributed by atoms with Crippen LogP contribution in [0.1, 0.15) is 34.6 Å². The molecular formula is C31H28N2O9S. The Morgan fingerprint density at radius 1 is 1.00 bits per heavy atom. The molecule has 12 heteroatoms. The predicted octanol–water partition coefficient (Wildman–Crippen LogP) is 3.25. The van der Waals surface area contributed by atoms with Gasteiger partial charge in [-0.3, -0.25) is 9.36 Å². The number of carbonyl (C=O) groups is 2. The van der Waals surface area contributed by atoms with Gasteiger partial charge in [-0.25, -0.2) is 14.6 Å². The number of benzene rings is 2. The van der Waals surface area contributed by atoms with Crippen molar-refractivity contribution in [2.45, 2.75) is 13.0 Å². The zero-order valence-electron chi connectivity index (χ0n) is 23.8. The van der Waals surface area contributed by atoms with Crippen molar-refractivity contribution in [1.29, 1.82) is 0 Å². The van der Waals surface area contributed by atoms with Crippen LogP contribution in [-0.4, -0.2) is 51.0 Å². The number of nitrogens with zero attached hydrogens (tertiary/aromatic N) is 2. The molecule has 0 radical (unpaired) electrons. The fourth-order valence-corrected chi connectivity index (χ4v) is 5.58. The van der Waals surface area contributed by atoms with Crippen molar-refractivity contribution in [1.82, 2.24) is 4.57 Å². The quantitative estimate of drug-likeness (QED) is 0.152. The summed E-state index contributed by atoms with van der Waals surface area (Å²) in [6.07, 6.45) is 3.09. The fraction of sp³-hybridized carbons (Fsp3) is 0.226. The van der Waals surface area contributed by atoms with E-state index in [4.69, 9.17) is 28.1 Å². The molecule has 0 bridgehead atoms. The second kappa shape index (κ2) is 12.9. The van der Waals surface area contributed by atoms with E-state index in [-0.39, 0.29) is 35.9 Å². The molecule has 3 heterocycles. The molecule has 43 heavy (non-hydrogen) atoms. The third-order valence-corrected chi connectivity index (χ3v) is 7.60. The topological polar surface area (TPSA) is 128 Å². The van der Waals surface area contributed by atoms with E-state index in [1.165, 1.54) is 42.5 Å². The van der Waals surface area contributed by atoms with Gasteiger partial charge in [0.25, 0.3) is 5.56 Å². The van der Waals surface area contributed by atoms with Crippen LogP contribution in [0.15, 0.2) is 86.3 Å². The molecule has 0 amide bonds. The number of aromatic nitrogens is 1. The first-order valence-electron chi connectivity index (χ1n) is 13.1. The highest BCUT2D eigenvalue weighted by atomic mass is 32.1. The lowest BCUT2D eigenvalue weighted by Crippen LogP contribution is -2.40. The summed E-state index contributed by atoms with van der Waals surface area (Å²) in [6.45, 7) is 1.94. The number of fused-ring (bicyclic) bond motifs is 1. The van der Waals surface area contributed by atoms with Gasteiger partial charge in [0.2, 0.25) is 5.76 Å². The van der Waals surface area contributed by atoms with Gasteiger partial charge in [0.05, 0.1) is 48.9 Å². The summed E-state index contributed by atoms with van der Waals surface area (Å²) >= 11 is 1.19. The summed E-state index contributed by atoms with van der Waals surface area (Å²) in [7, 11) is 4.60. The number of hydrogen-bond donors (Lipinski definition) is 0. The molecule has 0 N–H and O–H groups in total. The molecule has 222 valence electrons. The number of allylic oxidation sites excluding steroid dienone is 1. The van der Waals surface area contributed by atoms with E-state index in [1.807, 2.05) is 0 Å². The molecule has 11 nitrogen and oxygen atoms in total. The van der Waals surface area contributed by atoms with Crippen LogP contribution in [-0.2, 0) is 14.3 Å². The monoisotopic (exact) mass is 604 g/mol. The molecule has 5 rings (SSSR count). The highest BCUT2D eigenvalue weighted by Crippen LogP contribution is 2.32. The molecule has 2 aromatic carbocycles.